The van der Waals surface area contributed by atoms with Gasteiger partial charge in [-0.3, -0.25) is 14.5 Å². The van der Waals surface area contributed by atoms with Crippen LogP contribution in [0.1, 0.15) is 12.8 Å². The molecule has 0 radical (unpaired) electrons. The zero-order valence-electron chi connectivity index (χ0n) is 11.8. The minimum Gasteiger partial charge on any atom is -0.480 e. The second-order valence-corrected chi connectivity index (χ2v) is 5.12. The van der Waals surface area contributed by atoms with Crippen molar-refractivity contribution in [2.24, 2.45) is 0 Å². The van der Waals surface area contributed by atoms with Crippen molar-refractivity contribution >= 4 is 17.9 Å². The molecule has 1 aliphatic rings. The number of aliphatic carboxylic acids is 3. The van der Waals surface area contributed by atoms with E-state index in [2.05, 4.69) is 5.32 Å². The average molecular weight is 320 g/mol. The molecule has 1 saturated heterocycles. The summed E-state index contributed by atoms with van der Waals surface area (Å²) in [7, 11) is 0. The number of nitrogens with zero attached hydrogens (tertiary/aromatic N) is 1. The number of rotatable bonds is 10. The smallest absolute Gasteiger partial charge is 0.332 e. The van der Waals surface area contributed by atoms with Gasteiger partial charge in [-0.15, -0.1) is 0 Å². The van der Waals surface area contributed by atoms with Gasteiger partial charge in [-0.25, -0.2) is 4.79 Å². The van der Waals surface area contributed by atoms with Crippen molar-refractivity contribution in [1.29, 1.82) is 0 Å². The monoisotopic (exact) mass is 320 g/mol. The topological polar surface area (TPSA) is 168 Å². The Kier molecular flexibility index (Phi) is 6.68. The van der Waals surface area contributed by atoms with Crippen LogP contribution in [0.4, 0.5) is 0 Å². The molecule has 10 heteroatoms. The highest BCUT2D eigenvalue weighted by molar-refractivity contribution is 5.76. The fourth-order valence-electron chi connectivity index (χ4n) is 2.24. The van der Waals surface area contributed by atoms with Crippen molar-refractivity contribution in [2.45, 2.75) is 37.1 Å². The van der Waals surface area contributed by atoms with Crippen LogP contribution in [0.25, 0.3) is 0 Å². The molecule has 22 heavy (non-hydrogen) atoms. The molecule has 1 heterocycles. The van der Waals surface area contributed by atoms with E-state index < -0.39 is 42.2 Å². The molecule has 10 nitrogen and oxygen atoms in total. The molecule has 0 spiro atoms. The predicted molar refractivity (Wildman–Crippen MR) is 71.3 cm³/mol. The van der Waals surface area contributed by atoms with Gasteiger partial charge in [0.15, 0.2) is 6.10 Å². The van der Waals surface area contributed by atoms with Crippen LogP contribution >= 0.6 is 0 Å². The van der Waals surface area contributed by atoms with E-state index in [0.29, 0.717) is 0 Å². The van der Waals surface area contributed by atoms with Gasteiger partial charge < -0.3 is 30.8 Å². The Morgan fingerprint density at radius 3 is 2.23 bits per heavy atom. The lowest BCUT2D eigenvalue weighted by molar-refractivity contribution is -0.160. The number of carbonyl (C=O) groups is 3. The van der Waals surface area contributed by atoms with Crippen LogP contribution in [0.2, 0.25) is 0 Å². The fourth-order valence-corrected chi connectivity index (χ4v) is 2.24. The van der Waals surface area contributed by atoms with Crippen molar-refractivity contribution in [3.63, 3.8) is 0 Å². The maximum absolute atomic E-state index is 11.1. The standard InChI is InChI=1S/C12H20N2O8/c15-7(11(19)20)1-3-13-6(10(17)18)2-4-14-5-8(16)9(14)12(21)22/h6-9,13,15-16H,1-5H2,(H,17,18)(H,19,20)(H,21,22)/t6-,7-,8-,9-/m0/s1. The normalized spacial score (nSPS) is 24.3. The summed E-state index contributed by atoms with van der Waals surface area (Å²) >= 11 is 0. The number of nitrogens with one attached hydrogen (secondary N) is 1. The summed E-state index contributed by atoms with van der Waals surface area (Å²) < 4.78 is 0. The maximum atomic E-state index is 11.1. The molecule has 6 N–H and O–H groups in total. The summed E-state index contributed by atoms with van der Waals surface area (Å²) in [5.41, 5.74) is 0. The molecular weight excluding hydrogens is 300 g/mol. The molecule has 0 aromatic heterocycles. The summed E-state index contributed by atoms with van der Waals surface area (Å²) in [6.45, 7) is 0.329. The zero-order chi connectivity index (χ0) is 16.9. The van der Waals surface area contributed by atoms with E-state index in [1.54, 1.807) is 0 Å². The summed E-state index contributed by atoms with van der Waals surface area (Å²) in [4.78, 5) is 33.8. The molecule has 1 rings (SSSR count). The lowest BCUT2D eigenvalue weighted by atomic mass is 9.98. The molecule has 0 saturated carbocycles. The van der Waals surface area contributed by atoms with Crippen molar-refractivity contribution in [3.05, 3.63) is 0 Å². The lowest BCUT2D eigenvalue weighted by Gasteiger charge is -2.42. The molecular formula is C12H20N2O8. The summed E-state index contributed by atoms with van der Waals surface area (Å²) in [6, 6.07) is -2.02. The third-order valence-corrected chi connectivity index (χ3v) is 3.53. The molecule has 0 aromatic rings. The summed E-state index contributed by atoms with van der Waals surface area (Å²) in [6.07, 6.45) is -2.57. The molecule has 0 amide bonds. The minimum absolute atomic E-state index is 0.00455. The number of likely N-dealkylation sites (tertiary alicyclic amines) is 1. The molecule has 4 atom stereocenters. The van der Waals surface area contributed by atoms with Gasteiger partial charge in [-0.2, -0.15) is 0 Å². The van der Waals surface area contributed by atoms with Gasteiger partial charge in [0.05, 0.1) is 6.10 Å². The Balaban J connectivity index is 2.37. The highest BCUT2D eigenvalue weighted by Crippen LogP contribution is 2.19. The SMILES string of the molecule is O=C(O)[C@H](CCN1C[C@H](O)[C@H]1C(=O)O)NCC[C@H](O)C(=O)O. The van der Waals surface area contributed by atoms with E-state index in [9.17, 15) is 19.5 Å². The first-order chi connectivity index (χ1) is 10.2. The number of hydrogen-bond acceptors (Lipinski definition) is 7. The van der Waals surface area contributed by atoms with Crippen molar-refractivity contribution in [3.8, 4) is 0 Å². The van der Waals surface area contributed by atoms with Crippen LogP contribution in [0.15, 0.2) is 0 Å². The van der Waals surface area contributed by atoms with Gasteiger partial charge in [0, 0.05) is 13.1 Å². The highest BCUT2D eigenvalue weighted by atomic mass is 16.4. The number of carboxylic acid groups (broad SMARTS) is 3. The van der Waals surface area contributed by atoms with E-state index in [0.717, 1.165) is 0 Å². The van der Waals surface area contributed by atoms with Gasteiger partial charge >= 0.3 is 17.9 Å². The third-order valence-electron chi connectivity index (χ3n) is 3.53. The molecule has 126 valence electrons. The van der Waals surface area contributed by atoms with Crippen LogP contribution in [-0.4, -0.2) is 92.3 Å². The number of β-amino-alcohol motifs (C(OH)–C–C–N with tert-alkyl or cyclic N) is 1. The molecule has 0 unspecified atom stereocenters. The third kappa shape index (κ3) is 4.91. The van der Waals surface area contributed by atoms with E-state index in [4.69, 9.17) is 20.4 Å². The van der Waals surface area contributed by atoms with Crippen molar-refractivity contribution in [1.82, 2.24) is 10.2 Å². The summed E-state index contributed by atoms with van der Waals surface area (Å²) in [5.74, 6) is -3.70. The zero-order valence-corrected chi connectivity index (χ0v) is 11.8. The fraction of sp³-hybridized carbons (Fsp3) is 0.750. The number of aliphatic hydroxyl groups excluding tert-OH is 2. The van der Waals surface area contributed by atoms with Gasteiger partial charge in [0.1, 0.15) is 12.1 Å². The average Bonchev–Trinajstić information content (AvgIpc) is 2.38. The first-order valence-corrected chi connectivity index (χ1v) is 6.76. The minimum atomic E-state index is -1.57. The Labute approximate surface area is 126 Å². The van der Waals surface area contributed by atoms with Crippen LogP contribution in [0.5, 0.6) is 0 Å². The Morgan fingerprint density at radius 1 is 1.14 bits per heavy atom. The van der Waals surface area contributed by atoms with E-state index >= 15 is 0 Å². The first kappa shape index (κ1) is 18.3. The Hall–Kier alpha value is -1.75. The van der Waals surface area contributed by atoms with Crippen LogP contribution in [0, 0.1) is 0 Å². The number of hydrogen-bond donors (Lipinski definition) is 6. The van der Waals surface area contributed by atoms with Crippen LogP contribution in [0.3, 0.4) is 0 Å². The van der Waals surface area contributed by atoms with E-state index in [1.807, 2.05) is 0 Å². The molecule has 0 aliphatic carbocycles. The second-order valence-electron chi connectivity index (χ2n) is 5.12. The number of carboxylic acids is 3. The lowest BCUT2D eigenvalue weighted by Crippen LogP contribution is -2.64. The molecule has 0 bridgehead atoms. The van der Waals surface area contributed by atoms with Gasteiger partial charge in [-0.05, 0) is 19.4 Å². The van der Waals surface area contributed by atoms with E-state index in [1.165, 1.54) is 4.90 Å². The van der Waals surface area contributed by atoms with Gasteiger partial charge in [0.2, 0.25) is 0 Å². The molecule has 1 fully saturated rings. The van der Waals surface area contributed by atoms with Crippen LogP contribution < -0.4 is 5.32 Å². The second kappa shape index (κ2) is 8.03. The quantitative estimate of drug-likeness (QED) is 0.251. The van der Waals surface area contributed by atoms with Crippen molar-refractivity contribution < 1.29 is 39.9 Å². The summed E-state index contributed by atoms with van der Waals surface area (Å²) in [5, 5.41) is 47.5. The van der Waals surface area contributed by atoms with Gasteiger partial charge in [0.25, 0.3) is 0 Å². The highest BCUT2D eigenvalue weighted by Gasteiger charge is 2.43. The first-order valence-electron chi connectivity index (χ1n) is 6.76. The maximum Gasteiger partial charge on any atom is 0.332 e. The van der Waals surface area contributed by atoms with Crippen LogP contribution in [-0.2, 0) is 14.4 Å². The van der Waals surface area contributed by atoms with E-state index in [-0.39, 0.29) is 32.5 Å². The number of aliphatic hydroxyl groups is 2. The Bertz CT molecular complexity index is 429. The predicted octanol–water partition coefficient (Wildman–Crippen LogP) is -2.62. The molecule has 1 aliphatic heterocycles. The van der Waals surface area contributed by atoms with Gasteiger partial charge in [-0.1, -0.05) is 0 Å². The van der Waals surface area contributed by atoms with Crippen molar-refractivity contribution in [2.75, 3.05) is 19.6 Å². The Morgan fingerprint density at radius 2 is 1.77 bits per heavy atom. The largest absolute Gasteiger partial charge is 0.480 e. The molecule has 0 aromatic carbocycles.